The summed E-state index contributed by atoms with van der Waals surface area (Å²) in [4.78, 5) is 11.7. The van der Waals surface area contributed by atoms with Crippen molar-refractivity contribution in [1.29, 1.82) is 0 Å². The summed E-state index contributed by atoms with van der Waals surface area (Å²) in [6.07, 6.45) is 0.401. The van der Waals surface area contributed by atoms with Gasteiger partial charge in [-0.1, -0.05) is 48.5 Å². The van der Waals surface area contributed by atoms with Crippen LogP contribution in [0.2, 0.25) is 0 Å². The van der Waals surface area contributed by atoms with Crippen molar-refractivity contribution in [2.24, 2.45) is 5.73 Å². The number of ketones is 1. The minimum absolute atomic E-state index is 0.102. The van der Waals surface area contributed by atoms with E-state index >= 15 is 0 Å². The molecule has 0 amide bonds. The number of rotatable bonds is 4. The maximum absolute atomic E-state index is 11.7. The predicted molar refractivity (Wildman–Crippen MR) is 69.9 cm³/mol. The van der Waals surface area contributed by atoms with Crippen molar-refractivity contribution in [2.45, 2.75) is 6.42 Å². The van der Waals surface area contributed by atoms with Crippen LogP contribution in [0.3, 0.4) is 0 Å². The molecule has 0 heterocycles. The Labute approximate surface area is 101 Å². The van der Waals surface area contributed by atoms with E-state index in [1.807, 2.05) is 54.6 Å². The van der Waals surface area contributed by atoms with Gasteiger partial charge in [0.05, 0.1) is 0 Å². The van der Waals surface area contributed by atoms with Crippen molar-refractivity contribution in [3.8, 4) is 11.1 Å². The lowest BCUT2D eigenvalue weighted by molar-refractivity contribution is 0.0985. The average Bonchev–Trinajstić information content (AvgIpc) is 2.40. The highest BCUT2D eigenvalue weighted by molar-refractivity contribution is 5.97. The van der Waals surface area contributed by atoms with Crippen LogP contribution in [0.1, 0.15) is 16.8 Å². The Balaban J connectivity index is 2.32. The molecule has 0 aliphatic carbocycles. The molecule has 86 valence electrons. The van der Waals surface area contributed by atoms with Crippen molar-refractivity contribution >= 4 is 5.78 Å². The highest BCUT2D eigenvalue weighted by Gasteiger charge is 2.05. The highest BCUT2D eigenvalue weighted by atomic mass is 16.1. The monoisotopic (exact) mass is 225 g/mol. The van der Waals surface area contributed by atoms with Crippen LogP contribution >= 0.6 is 0 Å². The highest BCUT2D eigenvalue weighted by Crippen LogP contribution is 2.20. The lowest BCUT2D eigenvalue weighted by atomic mass is 10.0. The van der Waals surface area contributed by atoms with Crippen LogP contribution in [0.15, 0.2) is 54.6 Å². The topological polar surface area (TPSA) is 43.1 Å². The first-order valence-corrected chi connectivity index (χ1v) is 5.70. The zero-order valence-corrected chi connectivity index (χ0v) is 9.60. The number of Topliss-reactive ketones (excluding diaryl/α,β-unsaturated/α-hetero) is 1. The first-order chi connectivity index (χ1) is 8.31. The van der Waals surface area contributed by atoms with Gasteiger partial charge in [-0.05, 0) is 23.7 Å². The minimum atomic E-state index is 0.102. The third-order valence-corrected chi connectivity index (χ3v) is 2.66. The molecule has 0 saturated heterocycles. The van der Waals surface area contributed by atoms with Gasteiger partial charge in [0.25, 0.3) is 0 Å². The molecule has 0 atom stereocenters. The summed E-state index contributed by atoms with van der Waals surface area (Å²) in [6, 6.07) is 17.7. The zero-order chi connectivity index (χ0) is 12.1. The van der Waals surface area contributed by atoms with E-state index in [0.717, 1.165) is 16.7 Å². The van der Waals surface area contributed by atoms with E-state index in [1.165, 1.54) is 0 Å². The van der Waals surface area contributed by atoms with Gasteiger partial charge in [-0.25, -0.2) is 0 Å². The van der Waals surface area contributed by atoms with E-state index in [-0.39, 0.29) is 5.78 Å². The van der Waals surface area contributed by atoms with Gasteiger partial charge in [0.2, 0.25) is 0 Å². The standard InChI is InChI=1S/C15H15NO/c16-10-9-15(17)14-8-4-7-13(11-14)12-5-2-1-3-6-12/h1-8,11H,9-10,16H2. The second kappa shape index (κ2) is 5.41. The molecule has 0 fully saturated rings. The number of hydrogen-bond donors (Lipinski definition) is 1. The lowest BCUT2D eigenvalue weighted by Gasteiger charge is -2.04. The second-order valence-corrected chi connectivity index (χ2v) is 3.91. The first-order valence-electron chi connectivity index (χ1n) is 5.70. The summed E-state index contributed by atoms with van der Waals surface area (Å²) in [5, 5.41) is 0. The smallest absolute Gasteiger partial charge is 0.164 e. The molecule has 0 unspecified atom stereocenters. The summed E-state index contributed by atoms with van der Waals surface area (Å²) >= 11 is 0. The minimum Gasteiger partial charge on any atom is -0.330 e. The number of carbonyl (C=O) groups excluding carboxylic acids is 1. The van der Waals surface area contributed by atoms with E-state index in [1.54, 1.807) is 0 Å². The quantitative estimate of drug-likeness (QED) is 0.813. The van der Waals surface area contributed by atoms with Gasteiger partial charge in [0.1, 0.15) is 0 Å². The molecule has 0 aliphatic rings. The number of hydrogen-bond acceptors (Lipinski definition) is 2. The molecule has 0 bridgehead atoms. The molecular formula is C15H15NO. The van der Waals surface area contributed by atoms with Crippen molar-refractivity contribution in [3.63, 3.8) is 0 Å². The molecule has 2 aromatic rings. The predicted octanol–water partition coefficient (Wildman–Crippen LogP) is 2.89. The summed E-state index contributed by atoms with van der Waals surface area (Å²) in [5.74, 6) is 0.102. The second-order valence-electron chi connectivity index (χ2n) is 3.91. The Kier molecular flexibility index (Phi) is 3.68. The van der Waals surface area contributed by atoms with Gasteiger partial charge in [-0.15, -0.1) is 0 Å². The molecule has 17 heavy (non-hydrogen) atoms. The fourth-order valence-corrected chi connectivity index (χ4v) is 1.78. The molecular weight excluding hydrogens is 210 g/mol. The number of carbonyl (C=O) groups is 1. The van der Waals surface area contributed by atoms with Crippen LogP contribution in [-0.2, 0) is 0 Å². The average molecular weight is 225 g/mol. The third kappa shape index (κ3) is 2.80. The Hall–Kier alpha value is -1.93. The van der Waals surface area contributed by atoms with Crippen LogP contribution in [-0.4, -0.2) is 12.3 Å². The summed E-state index contributed by atoms with van der Waals surface area (Å²) in [6.45, 7) is 0.397. The first kappa shape index (κ1) is 11.6. The maximum atomic E-state index is 11.7. The van der Waals surface area contributed by atoms with Crippen LogP contribution < -0.4 is 5.73 Å². The molecule has 2 heteroatoms. The fourth-order valence-electron chi connectivity index (χ4n) is 1.78. The van der Waals surface area contributed by atoms with Gasteiger partial charge in [-0.2, -0.15) is 0 Å². The van der Waals surface area contributed by atoms with Gasteiger partial charge >= 0.3 is 0 Å². The Morgan fingerprint density at radius 2 is 1.65 bits per heavy atom. The van der Waals surface area contributed by atoms with Crippen LogP contribution in [0, 0.1) is 0 Å². The third-order valence-electron chi connectivity index (χ3n) is 2.66. The van der Waals surface area contributed by atoms with Crippen molar-refractivity contribution in [2.75, 3.05) is 6.54 Å². The molecule has 0 saturated carbocycles. The number of benzene rings is 2. The molecule has 2 aromatic carbocycles. The zero-order valence-electron chi connectivity index (χ0n) is 9.60. The van der Waals surface area contributed by atoms with Crippen molar-refractivity contribution < 1.29 is 4.79 Å². The van der Waals surface area contributed by atoms with Crippen molar-refractivity contribution in [1.82, 2.24) is 0 Å². The Morgan fingerprint density at radius 3 is 2.35 bits per heavy atom. The van der Waals surface area contributed by atoms with Gasteiger partial charge in [0, 0.05) is 12.0 Å². The molecule has 2 N–H and O–H groups in total. The fraction of sp³-hybridized carbons (Fsp3) is 0.133. The normalized spacial score (nSPS) is 10.2. The summed E-state index contributed by atoms with van der Waals surface area (Å²) in [5.41, 5.74) is 8.31. The van der Waals surface area contributed by atoms with E-state index < -0.39 is 0 Å². The Bertz CT molecular complexity index is 505. The number of nitrogens with two attached hydrogens (primary N) is 1. The lowest BCUT2D eigenvalue weighted by Crippen LogP contribution is -2.07. The van der Waals surface area contributed by atoms with E-state index in [0.29, 0.717) is 13.0 Å². The van der Waals surface area contributed by atoms with E-state index in [9.17, 15) is 4.79 Å². The maximum Gasteiger partial charge on any atom is 0.164 e. The van der Waals surface area contributed by atoms with E-state index in [4.69, 9.17) is 5.73 Å². The van der Waals surface area contributed by atoms with Crippen LogP contribution in [0.25, 0.3) is 11.1 Å². The van der Waals surface area contributed by atoms with E-state index in [2.05, 4.69) is 0 Å². The molecule has 2 nitrogen and oxygen atoms in total. The molecule has 2 rings (SSSR count). The summed E-state index contributed by atoms with van der Waals surface area (Å²) < 4.78 is 0. The molecule has 0 spiro atoms. The molecule has 0 aromatic heterocycles. The van der Waals surface area contributed by atoms with Gasteiger partial charge in [-0.3, -0.25) is 4.79 Å². The largest absolute Gasteiger partial charge is 0.330 e. The van der Waals surface area contributed by atoms with Crippen LogP contribution in [0.5, 0.6) is 0 Å². The van der Waals surface area contributed by atoms with Crippen molar-refractivity contribution in [3.05, 3.63) is 60.2 Å². The SMILES string of the molecule is NCCC(=O)c1cccc(-c2ccccc2)c1. The van der Waals surface area contributed by atoms with Gasteiger partial charge < -0.3 is 5.73 Å². The molecule has 0 aliphatic heterocycles. The Morgan fingerprint density at radius 1 is 0.941 bits per heavy atom. The molecule has 0 radical (unpaired) electrons. The summed E-state index contributed by atoms with van der Waals surface area (Å²) in [7, 11) is 0. The van der Waals surface area contributed by atoms with Crippen LogP contribution in [0.4, 0.5) is 0 Å². The van der Waals surface area contributed by atoms with Gasteiger partial charge in [0.15, 0.2) is 5.78 Å².